The van der Waals surface area contributed by atoms with Gasteiger partial charge in [-0.15, -0.1) is 0 Å². The highest BCUT2D eigenvalue weighted by Gasteiger charge is 2.12. The van der Waals surface area contributed by atoms with Crippen LogP contribution in [0.4, 0.5) is 17.5 Å². The largest absolute Gasteiger partial charge is 0.465 e. The number of methoxy groups -OCH3 is 1. The van der Waals surface area contributed by atoms with Crippen molar-refractivity contribution in [1.82, 2.24) is 9.97 Å². The van der Waals surface area contributed by atoms with Crippen molar-refractivity contribution in [3.05, 3.63) is 41.6 Å². The Morgan fingerprint density at radius 2 is 2.00 bits per heavy atom. The summed E-state index contributed by atoms with van der Waals surface area (Å²) < 4.78 is 4.81. The Morgan fingerprint density at radius 3 is 2.71 bits per heavy atom. The Balaban J connectivity index is 2.18. The minimum atomic E-state index is -0.390. The second kappa shape index (κ2) is 8.29. The lowest BCUT2D eigenvalue weighted by molar-refractivity contribution is 0.0602. The maximum Gasteiger partial charge on any atom is 0.339 e. The zero-order valence-electron chi connectivity index (χ0n) is 14.6. The second-order valence-electron chi connectivity index (χ2n) is 5.99. The Kier molecular flexibility index (Phi) is 6.12. The summed E-state index contributed by atoms with van der Waals surface area (Å²) in [5.74, 6) is 1.44. The summed E-state index contributed by atoms with van der Waals surface area (Å²) in [4.78, 5) is 20.7. The molecule has 0 unspecified atom stereocenters. The van der Waals surface area contributed by atoms with Crippen molar-refractivity contribution in [2.45, 2.75) is 27.2 Å². The standard InChI is InChI=1S/C18H24N4O2/c1-12(2)9-10-19-18-20-13(3)11-16(22-18)21-15-8-6-5-7-14(15)17(23)24-4/h5-8,11-12H,9-10H2,1-4H3,(H2,19,20,21,22). The van der Waals surface area contributed by atoms with Gasteiger partial charge in [0, 0.05) is 18.3 Å². The van der Waals surface area contributed by atoms with E-state index in [0.717, 1.165) is 18.7 Å². The normalized spacial score (nSPS) is 10.5. The maximum absolute atomic E-state index is 11.9. The molecular formula is C18H24N4O2. The molecule has 128 valence electrons. The molecule has 0 fully saturated rings. The van der Waals surface area contributed by atoms with Crippen LogP contribution in [0.3, 0.4) is 0 Å². The van der Waals surface area contributed by atoms with E-state index in [0.29, 0.717) is 28.9 Å². The van der Waals surface area contributed by atoms with Gasteiger partial charge in [0.25, 0.3) is 0 Å². The number of aryl methyl sites for hydroxylation is 1. The highest BCUT2D eigenvalue weighted by atomic mass is 16.5. The molecular weight excluding hydrogens is 304 g/mol. The molecule has 0 aliphatic rings. The quantitative estimate of drug-likeness (QED) is 0.753. The first-order valence-corrected chi connectivity index (χ1v) is 8.03. The molecule has 1 heterocycles. The molecule has 0 amide bonds. The van der Waals surface area contributed by atoms with Crippen molar-refractivity contribution in [2.24, 2.45) is 5.92 Å². The molecule has 0 atom stereocenters. The number of carbonyl (C=O) groups excluding carboxylic acids is 1. The van der Waals surface area contributed by atoms with Crippen LogP contribution in [0.25, 0.3) is 0 Å². The molecule has 0 aliphatic heterocycles. The van der Waals surface area contributed by atoms with Crippen LogP contribution >= 0.6 is 0 Å². The van der Waals surface area contributed by atoms with Crippen LogP contribution in [0.1, 0.15) is 36.3 Å². The Hall–Kier alpha value is -2.63. The minimum Gasteiger partial charge on any atom is -0.465 e. The van der Waals surface area contributed by atoms with E-state index in [1.807, 2.05) is 25.1 Å². The van der Waals surface area contributed by atoms with E-state index in [-0.39, 0.29) is 5.97 Å². The van der Waals surface area contributed by atoms with Gasteiger partial charge in [-0.05, 0) is 31.4 Å². The number of nitrogens with one attached hydrogen (secondary N) is 2. The summed E-state index contributed by atoms with van der Waals surface area (Å²) in [5, 5.41) is 6.41. The van der Waals surface area contributed by atoms with Gasteiger partial charge < -0.3 is 15.4 Å². The average Bonchev–Trinajstić information content (AvgIpc) is 2.54. The van der Waals surface area contributed by atoms with Gasteiger partial charge in [-0.25, -0.2) is 9.78 Å². The summed E-state index contributed by atoms with van der Waals surface area (Å²) in [7, 11) is 1.37. The number of hydrogen-bond donors (Lipinski definition) is 2. The number of para-hydroxylation sites is 1. The van der Waals surface area contributed by atoms with Gasteiger partial charge in [-0.2, -0.15) is 4.98 Å². The lowest BCUT2D eigenvalue weighted by Gasteiger charge is -2.12. The van der Waals surface area contributed by atoms with Crippen molar-refractivity contribution in [2.75, 3.05) is 24.3 Å². The van der Waals surface area contributed by atoms with Crippen LogP contribution in [0.15, 0.2) is 30.3 Å². The third-order valence-electron chi connectivity index (χ3n) is 3.45. The Morgan fingerprint density at radius 1 is 1.25 bits per heavy atom. The molecule has 2 N–H and O–H groups in total. The summed E-state index contributed by atoms with van der Waals surface area (Å²) in [5.41, 5.74) is 1.95. The van der Waals surface area contributed by atoms with Crippen LogP contribution in [-0.2, 0) is 4.74 Å². The van der Waals surface area contributed by atoms with E-state index in [1.54, 1.807) is 12.1 Å². The molecule has 0 radical (unpaired) electrons. The summed E-state index contributed by atoms with van der Waals surface area (Å²) in [6.45, 7) is 7.08. The van der Waals surface area contributed by atoms with Crippen LogP contribution in [0, 0.1) is 12.8 Å². The number of aromatic nitrogens is 2. The van der Waals surface area contributed by atoms with Crippen LogP contribution in [-0.4, -0.2) is 29.6 Å². The predicted octanol–water partition coefficient (Wildman–Crippen LogP) is 3.77. The van der Waals surface area contributed by atoms with E-state index < -0.39 is 0 Å². The lowest BCUT2D eigenvalue weighted by atomic mass is 10.1. The summed E-state index contributed by atoms with van der Waals surface area (Å²) in [6.07, 6.45) is 1.05. The zero-order chi connectivity index (χ0) is 17.5. The molecule has 0 saturated heterocycles. The lowest BCUT2D eigenvalue weighted by Crippen LogP contribution is -2.10. The SMILES string of the molecule is COC(=O)c1ccccc1Nc1cc(C)nc(NCCC(C)C)n1. The van der Waals surface area contributed by atoms with Crippen molar-refractivity contribution in [1.29, 1.82) is 0 Å². The molecule has 0 bridgehead atoms. The van der Waals surface area contributed by atoms with E-state index in [4.69, 9.17) is 4.74 Å². The molecule has 0 saturated carbocycles. The monoisotopic (exact) mass is 328 g/mol. The molecule has 1 aromatic heterocycles. The first-order valence-electron chi connectivity index (χ1n) is 8.03. The van der Waals surface area contributed by atoms with Gasteiger partial charge in [-0.1, -0.05) is 26.0 Å². The summed E-state index contributed by atoms with van der Waals surface area (Å²) >= 11 is 0. The topological polar surface area (TPSA) is 76.1 Å². The Bertz CT molecular complexity index is 701. The fraction of sp³-hybridized carbons (Fsp3) is 0.389. The molecule has 24 heavy (non-hydrogen) atoms. The fourth-order valence-electron chi connectivity index (χ4n) is 2.20. The zero-order valence-corrected chi connectivity index (χ0v) is 14.6. The predicted molar refractivity (Wildman–Crippen MR) is 95.8 cm³/mol. The number of carbonyl (C=O) groups is 1. The van der Waals surface area contributed by atoms with Gasteiger partial charge >= 0.3 is 5.97 Å². The number of benzene rings is 1. The number of nitrogens with zero attached hydrogens (tertiary/aromatic N) is 2. The molecule has 2 rings (SSSR count). The minimum absolute atomic E-state index is 0.390. The van der Waals surface area contributed by atoms with E-state index >= 15 is 0 Å². The third kappa shape index (κ3) is 4.94. The number of esters is 1. The highest BCUT2D eigenvalue weighted by molar-refractivity contribution is 5.96. The van der Waals surface area contributed by atoms with E-state index in [2.05, 4.69) is 34.4 Å². The van der Waals surface area contributed by atoms with Gasteiger partial charge in [-0.3, -0.25) is 0 Å². The van der Waals surface area contributed by atoms with Gasteiger partial charge in [0.15, 0.2) is 0 Å². The third-order valence-corrected chi connectivity index (χ3v) is 3.45. The molecule has 1 aromatic carbocycles. The van der Waals surface area contributed by atoms with E-state index in [1.165, 1.54) is 7.11 Å². The van der Waals surface area contributed by atoms with Gasteiger partial charge in [0.05, 0.1) is 18.4 Å². The Labute approximate surface area is 142 Å². The molecule has 0 spiro atoms. The van der Waals surface area contributed by atoms with Gasteiger partial charge in [0.2, 0.25) is 5.95 Å². The van der Waals surface area contributed by atoms with Crippen LogP contribution in [0.2, 0.25) is 0 Å². The first-order chi connectivity index (χ1) is 11.5. The number of rotatable bonds is 7. The fourth-order valence-corrected chi connectivity index (χ4v) is 2.20. The summed E-state index contributed by atoms with van der Waals surface area (Å²) in [6, 6.07) is 9.01. The molecule has 0 aliphatic carbocycles. The van der Waals surface area contributed by atoms with Crippen LogP contribution in [0.5, 0.6) is 0 Å². The maximum atomic E-state index is 11.9. The average molecular weight is 328 g/mol. The molecule has 6 nitrogen and oxygen atoms in total. The number of anilines is 3. The highest BCUT2D eigenvalue weighted by Crippen LogP contribution is 2.21. The second-order valence-corrected chi connectivity index (χ2v) is 5.99. The number of ether oxygens (including phenoxy) is 1. The molecule has 6 heteroatoms. The van der Waals surface area contributed by atoms with Crippen molar-refractivity contribution < 1.29 is 9.53 Å². The van der Waals surface area contributed by atoms with Crippen molar-refractivity contribution >= 4 is 23.4 Å². The van der Waals surface area contributed by atoms with E-state index in [9.17, 15) is 4.79 Å². The van der Waals surface area contributed by atoms with Crippen molar-refractivity contribution in [3.8, 4) is 0 Å². The van der Waals surface area contributed by atoms with Crippen LogP contribution < -0.4 is 10.6 Å². The smallest absolute Gasteiger partial charge is 0.339 e. The number of hydrogen-bond acceptors (Lipinski definition) is 6. The van der Waals surface area contributed by atoms with Crippen molar-refractivity contribution in [3.63, 3.8) is 0 Å². The molecule has 2 aromatic rings. The van der Waals surface area contributed by atoms with Gasteiger partial charge in [0.1, 0.15) is 5.82 Å². The first kappa shape index (κ1) is 17.7.